The number of thiophene rings is 1. The van der Waals surface area contributed by atoms with Crippen LogP contribution in [0.25, 0.3) is 0 Å². The second kappa shape index (κ2) is 4.65. The van der Waals surface area contributed by atoms with Gasteiger partial charge in [0.1, 0.15) is 0 Å². The van der Waals surface area contributed by atoms with Crippen LogP contribution in [0.1, 0.15) is 11.8 Å². The quantitative estimate of drug-likeness (QED) is 0.867. The van der Waals surface area contributed by atoms with Gasteiger partial charge < -0.3 is 4.90 Å². The zero-order valence-electron chi connectivity index (χ0n) is 9.10. The first kappa shape index (κ1) is 11.1. The molecule has 4 nitrogen and oxygen atoms in total. The van der Waals surface area contributed by atoms with E-state index < -0.39 is 0 Å². The average molecular weight is 238 g/mol. The number of nitrogens with zero attached hydrogens (tertiary/aromatic N) is 1. The van der Waals surface area contributed by atoms with Gasteiger partial charge in [0.05, 0.1) is 5.92 Å². The topological polar surface area (TPSA) is 49.4 Å². The Kier molecular flexibility index (Phi) is 3.24. The minimum absolute atomic E-state index is 0.110. The number of hydrogen-bond donors (Lipinski definition) is 1. The van der Waals surface area contributed by atoms with Crippen molar-refractivity contribution in [2.45, 2.75) is 13.3 Å². The second-order valence-corrected chi connectivity index (χ2v) is 5.00. The van der Waals surface area contributed by atoms with Crippen LogP contribution in [0.2, 0.25) is 0 Å². The van der Waals surface area contributed by atoms with Crippen molar-refractivity contribution in [3.63, 3.8) is 0 Å². The number of amides is 3. The normalized spacial score (nSPS) is 21.1. The molecule has 86 valence electrons. The fourth-order valence-electron chi connectivity index (χ4n) is 1.70. The Labute approximate surface area is 98.3 Å². The van der Waals surface area contributed by atoms with E-state index in [2.05, 4.69) is 11.4 Å². The van der Waals surface area contributed by atoms with Crippen LogP contribution in [0, 0.1) is 5.92 Å². The van der Waals surface area contributed by atoms with Crippen molar-refractivity contribution < 1.29 is 9.59 Å². The van der Waals surface area contributed by atoms with Crippen molar-refractivity contribution in [1.29, 1.82) is 0 Å². The van der Waals surface area contributed by atoms with Crippen molar-refractivity contribution in [2.75, 3.05) is 13.1 Å². The van der Waals surface area contributed by atoms with Gasteiger partial charge in [0.2, 0.25) is 5.91 Å². The molecule has 1 fully saturated rings. The Morgan fingerprint density at radius 1 is 1.56 bits per heavy atom. The predicted octanol–water partition coefficient (Wildman–Crippen LogP) is 1.48. The number of carbonyl (C=O) groups excluding carboxylic acids is 2. The minimum atomic E-state index is -0.264. The standard InChI is InChI=1S/C11H14N2O2S/c1-8-7-13(11(15)12-10(8)14)5-4-9-3-2-6-16-9/h2-3,6,8H,4-5,7H2,1H3,(H,12,14,15). The van der Waals surface area contributed by atoms with Crippen molar-refractivity contribution in [1.82, 2.24) is 10.2 Å². The molecular formula is C11H14N2O2S. The highest BCUT2D eigenvalue weighted by Gasteiger charge is 2.28. The van der Waals surface area contributed by atoms with E-state index in [4.69, 9.17) is 0 Å². The molecule has 3 amide bonds. The van der Waals surface area contributed by atoms with E-state index in [1.54, 1.807) is 16.2 Å². The molecule has 1 aromatic rings. The molecule has 1 aromatic heterocycles. The highest BCUT2D eigenvalue weighted by Crippen LogP contribution is 2.12. The highest BCUT2D eigenvalue weighted by molar-refractivity contribution is 7.09. The molecule has 0 aliphatic carbocycles. The largest absolute Gasteiger partial charge is 0.324 e. The summed E-state index contributed by atoms with van der Waals surface area (Å²) in [4.78, 5) is 25.7. The fourth-order valence-corrected chi connectivity index (χ4v) is 2.40. The molecule has 0 saturated carbocycles. The molecule has 0 bridgehead atoms. The summed E-state index contributed by atoms with van der Waals surface area (Å²) in [6.45, 7) is 3.03. The maximum Gasteiger partial charge on any atom is 0.324 e. The van der Waals surface area contributed by atoms with Gasteiger partial charge in [0.15, 0.2) is 0 Å². The van der Waals surface area contributed by atoms with Gasteiger partial charge in [-0.05, 0) is 17.9 Å². The van der Waals surface area contributed by atoms with Gasteiger partial charge in [0.25, 0.3) is 0 Å². The molecule has 1 unspecified atom stereocenters. The first-order valence-corrected chi connectivity index (χ1v) is 6.17. The Hall–Kier alpha value is -1.36. The van der Waals surface area contributed by atoms with E-state index in [9.17, 15) is 9.59 Å². The molecular weight excluding hydrogens is 224 g/mol. The summed E-state index contributed by atoms with van der Waals surface area (Å²) in [6.07, 6.45) is 0.853. The first-order valence-electron chi connectivity index (χ1n) is 5.29. The van der Waals surface area contributed by atoms with Crippen LogP contribution in [-0.4, -0.2) is 29.9 Å². The van der Waals surface area contributed by atoms with E-state index in [0.717, 1.165) is 6.42 Å². The van der Waals surface area contributed by atoms with Crippen molar-refractivity contribution in [2.24, 2.45) is 5.92 Å². The first-order chi connectivity index (χ1) is 7.66. The third-order valence-corrected chi connectivity index (χ3v) is 3.60. The predicted molar refractivity (Wildman–Crippen MR) is 62.3 cm³/mol. The summed E-state index contributed by atoms with van der Waals surface area (Å²) >= 11 is 1.69. The maximum atomic E-state index is 11.5. The van der Waals surface area contributed by atoms with E-state index in [-0.39, 0.29) is 17.9 Å². The number of imide groups is 1. The number of hydrogen-bond acceptors (Lipinski definition) is 3. The summed E-state index contributed by atoms with van der Waals surface area (Å²) in [7, 11) is 0. The third-order valence-electron chi connectivity index (χ3n) is 2.67. The summed E-state index contributed by atoms with van der Waals surface area (Å²) in [6, 6.07) is 3.79. The third kappa shape index (κ3) is 2.41. The van der Waals surface area contributed by atoms with Gasteiger partial charge in [0, 0.05) is 18.0 Å². The number of nitrogens with one attached hydrogen (secondary N) is 1. The molecule has 2 rings (SSSR count). The molecule has 0 spiro atoms. The molecule has 1 atom stereocenters. The van der Waals surface area contributed by atoms with E-state index in [1.807, 2.05) is 18.4 Å². The molecule has 1 saturated heterocycles. The summed E-state index contributed by atoms with van der Waals surface area (Å²) in [5, 5.41) is 4.39. The molecule has 16 heavy (non-hydrogen) atoms. The molecule has 0 aromatic carbocycles. The van der Waals surface area contributed by atoms with Gasteiger partial charge in [-0.1, -0.05) is 13.0 Å². The van der Waals surface area contributed by atoms with Crippen molar-refractivity contribution in [3.8, 4) is 0 Å². The van der Waals surface area contributed by atoms with E-state index in [1.165, 1.54) is 4.88 Å². The van der Waals surface area contributed by atoms with Crippen LogP contribution in [0.4, 0.5) is 4.79 Å². The van der Waals surface area contributed by atoms with Crippen LogP contribution in [0.5, 0.6) is 0 Å². The van der Waals surface area contributed by atoms with Crippen molar-refractivity contribution >= 4 is 23.3 Å². The number of urea groups is 1. The molecule has 1 N–H and O–H groups in total. The molecule has 5 heteroatoms. The maximum absolute atomic E-state index is 11.5. The lowest BCUT2D eigenvalue weighted by Crippen LogP contribution is -2.54. The Morgan fingerprint density at radius 3 is 3.06 bits per heavy atom. The lowest BCUT2D eigenvalue weighted by Gasteiger charge is -2.30. The minimum Gasteiger partial charge on any atom is -0.323 e. The van der Waals surface area contributed by atoms with E-state index in [0.29, 0.717) is 13.1 Å². The van der Waals surface area contributed by atoms with E-state index >= 15 is 0 Å². The van der Waals surface area contributed by atoms with Gasteiger partial charge >= 0.3 is 6.03 Å². The van der Waals surface area contributed by atoms with Crippen LogP contribution in [-0.2, 0) is 11.2 Å². The van der Waals surface area contributed by atoms with Gasteiger partial charge in [-0.25, -0.2) is 4.79 Å². The Bertz CT molecular complexity index is 389. The SMILES string of the molecule is CC1CN(CCc2cccs2)C(=O)NC1=O. The molecule has 2 heterocycles. The smallest absolute Gasteiger partial charge is 0.323 e. The number of rotatable bonds is 3. The number of carbonyl (C=O) groups is 2. The van der Waals surface area contributed by atoms with Gasteiger partial charge in [-0.3, -0.25) is 10.1 Å². The van der Waals surface area contributed by atoms with Crippen molar-refractivity contribution in [3.05, 3.63) is 22.4 Å². The summed E-state index contributed by atoms with van der Waals surface area (Å²) in [5.74, 6) is -0.279. The Morgan fingerprint density at radius 2 is 2.38 bits per heavy atom. The lowest BCUT2D eigenvalue weighted by atomic mass is 10.1. The molecule has 1 aliphatic rings. The zero-order chi connectivity index (χ0) is 11.5. The average Bonchev–Trinajstić information content (AvgIpc) is 2.74. The van der Waals surface area contributed by atoms with Gasteiger partial charge in [-0.15, -0.1) is 11.3 Å². The monoisotopic (exact) mass is 238 g/mol. The second-order valence-electron chi connectivity index (χ2n) is 3.97. The van der Waals surface area contributed by atoms with Crippen LogP contribution < -0.4 is 5.32 Å². The van der Waals surface area contributed by atoms with Crippen LogP contribution in [0.3, 0.4) is 0 Å². The van der Waals surface area contributed by atoms with Gasteiger partial charge in [-0.2, -0.15) is 0 Å². The highest BCUT2D eigenvalue weighted by atomic mass is 32.1. The Balaban J connectivity index is 1.90. The zero-order valence-corrected chi connectivity index (χ0v) is 9.92. The summed E-state index contributed by atoms with van der Waals surface area (Å²) < 4.78 is 0. The van der Waals surface area contributed by atoms with Crippen LogP contribution >= 0.6 is 11.3 Å². The molecule has 1 aliphatic heterocycles. The molecule has 0 radical (unpaired) electrons. The van der Waals surface area contributed by atoms with Crippen LogP contribution in [0.15, 0.2) is 17.5 Å². The lowest BCUT2D eigenvalue weighted by molar-refractivity contribution is -0.125. The fraction of sp³-hybridized carbons (Fsp3) is 0.455. The summed E-state index contributed by atoms with van der Waals surface area (Å²) in [5.41, 5.74) is 0.